The minimum Gasteiger partial charge on any atom is -0.473 e. The van der Waals surface area contributed by atoms with E-state index in [4.69, 9.17) is 4.74 Å². The zero-order valence-corrected chi connectivity index (χ0v) is 18.3. The zero-order valence-electron chi connectivity index (χ0n) is 18.3. The second-order valence-electron chi connectivity index (χ2n) is 8.67. The molecule has 3 aromatic rings. The third-order valence-electron chi connectivity index (χ3n) is 6.00. The van der Waals surface area contributed by atoms with Crippen LogP contribution in [0.3, 0.4) is 0 Å². The number of ether oxygens (including phenoxy) is 2. The SMILES string of the molecule is CN1CC(C)(C(O)(c2ccc(OC(F)(F)F)cc2)c2ccc(OCc3ccccc3)nc2)C1. The quantitative estimate of drug-likeness (QED) is 0.554. The Morgan fingerprint density at radius 3 is 2.15 bits per heavy atom. The van der Waals surface area contributed by atoms with Gasteiger partial charge in [-0.1, -0.05) is 49.4 Å². The molecule has 1 unspecified atom stereocenters. The van der Waals surface area contributed by atoms with Crippen LogP contribution in [0.25, 0.3) is 0 Å². The molecule has 0 saturated carbocycles. The Hall–Kier alpha value is -3.10. The summed E-state index contributed by atoms with van der Waals surface area (Å²) < 4.78 is 47.4. The van der Waals surface area contributed by atoms with Crippen molar-refractivity contribution in [2.24, 2.45) is 5.41 Å². The molecule has 174 valence electrons. The van der Waals surface area contributed by atoms with E-state index in [9.17, 15) is 18.3 Å². The van der Waals surface area contributed by atoms with Crippen molar-refractivity contribution in [2.75, 3.05) is 20.1 Å². The van der Waals surface area contributed by atoms with Gasteiger partial charge in [0, 0.05) is 36.3 Å². The summed E-state index contributed by atoms with van der Waals surface area (Å²) in [5.74, 6) is 0.0713. The number of hydrogen-bond acceptors (Lipinski definition) is 5. The average molecular weight is 458 g/mol. The highest BCUT2D eigenvalue weighted by molar-refractivity contribution is 5.42. The highest BCUT2D eigenvalue weighted by Crippen LogP contribution is 2.50. The molecule has 0 bridgehead atoms. The lowest BCUT2D eigenvalue weighted by molar-refractivity contribution is -0.274. The van der Waals surface area contributed by atoms with E-state index < -0.39 is 17.4 Å². The normalized spacial score (nSPS) is 17.6. The Kier molecular flexibility index (Phi) is 6.07. The Labute approximate surface area is 190 Å². The molecule has 5 nitrogen and oxygen atoms in total. The van der Waals surface area contributed by atoms with Crippen LogP contribution in [-0.2, 0) is 12.2 Å². The molecule has 0 spiro atoms. The van der Waals surface area contributed by atoms with E-state index in [0.717, 1.165) is 5.56 Å². The number of rotatable bonds is 7. The number of likely N-dealkylation sites (tertiary alicyclic amines) is 1. The van der Waals surface area contributed by atoms with Crippen molar-refractivity contribution in [3.05, 3.63) is 89.6 Å². The third-order valence-corrected chi connectivity index (χ3v) is 6.00. The van der Waals surface area contributed by atoms with Gasteiger partial charge in [0.2, 0.25) is 5.88 Å². The number of nitrogens with zero attached hydrogens (tertiary/aromatic N) is 2. The van der Waals surface area contributed by atoms with Gasteiger partial charge in [-0.15, -0.1) is 13.2 Å². The first-order valence-electron chi connectivity index (χ1n) is 10.5. The number of aliphatic hydroxyl groups is 1. The van der Waals surface area contributed by atoms with E-state index in [1.54, 1.807) is 18.3 Å². The Morgan fingerprint density at radius 1 is 0.970 bits per heavy atom. The second kappa shape index (κ2) is 8.68. The predicted octanol–water partition coefficient (Wildman–Crippen LogP) is 4.75. The van der Waals surface area contributed by atoms with E-state index in [2.05, 4.69) is 14.6 Å². The molecule has 0 amide bonds. The van der Waals surface area contributed by atoms with Crippen molar-refractivity contribution in [2.45, 2.75) is 25.5 Å². The predicted molar refractivity (Wildman–Crippen MR) is 117 cm³/mol. The van der Waals surface area contributed by atoms with Crippen LogP contribution in [-0.4, -0.2) is 41.5 Å². The molecule has 1 aromatic heterocycles. The van der Waals surface area contributed by atoms with E-state index in [1.165, 1.54) is 24.3 Å². The maximum Gasteiger partial charge on any atom is 0.573 e. The van der Waals surface area contributed by atoms with Gasteiger partial charge in [0.25, 0.3) is 0 Å². The van der Waals surface area contributed by atoms with Gasteiger partial charge in [0.15, 0.2) is 0 Å². The topological polar surface area (TPSA) is 54.8 Å². The molecule has 1 saturated heterocycles. The lowest BCUT2D eigenvalue weighted by Gasteiger charge is -2.55. The van der Waals surface area contributed by atoms with Crippen LogP contribution in [0, 0.1) is 5.41 Å². The summed E-state index contributed by atoms with van der Waals surface area (Å²) in [6, 6.07) is 18.5. The van der Waals surface area contributed by atoms with Gasteiger partial charge in [0.05, 0.1) is 0 Å². The zero-order chi connectivity index (χ0) is 23.7. The fourth-order valence-corrected chi connectivity index (χ4v) is 4.55. The maximum atomic E-state index is 12.5. The second-order valence-corrected chi connectivity index (χ2v) is 8.67. The number of alkyl halides is 3. The molecule has 4 rings (SSSR count). The largest absolute Gasteiger partial charge is 0.573 e. The maximum absolute atomic E-state index is 12.5. The molecule has 1 aliphatic heterocycles. The van der Waals surface area contributed by atoms with Crippen LogP contribution < -0.4 is 9.47 Å². The molecule has 1 fully saturated rings. The van der Waals surface area contributed by atoms with E-state index in [1.807, 2.05) is 44.3 Å². The van der Waals surface area contributed by atoms with Crippen LogP contribution in [0.15, 0.2) is 72.9 Å². The minimum absolute atomic E-state index is 0.340. The first kappa shape index (κ1) is 23.1. The molecule has 2 heterocycles. The van der Waals surface area contributed by atoms with Crippen molar-refractivity contribution in [3.63, 3.8) is 0 Å². The van der Waals surface area contributed by atoms with Gasteiger partial charge in [-0.3, -0.25) is 0 Å². The van der Waals surface area contributed by atoms with E-state index in [0.29, 0.717) is 36.7 Å². The molecule has 0 aliphatic carbocycles. The van der Waals surface area contributed by atoms with Gasteiger partial charge in [-0.2, -0.15) is 0 Å². The van der Waals surface area contributed by atoms with Crippen molar-refractivity contribution in [1.29, 1.82) is 0 Å². The summed E-state index contributed by atoms with van der Waals surface area (Å²) in [5.41, 5.74) is -0.0307. The minimum atomic E-state index is -4.78. The first-order valence-corrected chi connectivity index (χ1v) is 10.5. The Balaban J connectivity index is 1.61. The van der Waals surface area contributed by atoms with Crippen molar-refractivity contribution in [3.8, 4) is 11.6 Å². The van der Waals surface area contributed by atoms with Gasteiger partial charge >= 0.3 is 6.36 Å². The number of hydrogen-bond donors (Lipinski definition) is 1. The average Bonchev–Trinajstić information content (AvgIpc) is 2.76. The lowest BCUT2D eigenvalue weighted by Crippen LogP contribution is -2.63. The summed E-state index contributed by atoms with van der Waals surface area (Å²) in [6.07, 6.45) is -3.22. The lowest BCUT2D eigenvalue weighted by atomic mass is 9.62. The molecule has 1 N–H and O–H groups in total. The summed E-state index contributed by atoms with van der Waals surface area (Å²) >= 11 is 0. The molecular weight excluding hydrogens is 433 g/mol. The number of aromatic nitrogens is 1. The monoisotopic (exact) mass is 458 g/mol. The van der Waals surface area contributed by atoms with Crippen LogP contribution in [0.5, 0.6) is 11.6 Å². The van der Waals surface area contributed by atoms with Crippen molar-refractivity contribution in [1.82, 2.24) is 9.88 Å². The third kappa shape index (κ3) is 4.82. The number of pyridine rings is 1. The summed E-state index contributed by atoms with van der Waals surface area (Å²) in [4.78, 5) is 6.44. The van der Waals surface area contributed by atoms with E-state index in [-0.39, 0.29) is 5.75 Å². The Morgan fingerprint density at radius 2 is 1.61 bits per heavy atom. The molecule has 33 heavy (non-hydrogen) atoms. The van der Waals surface area contributed by atoms with Gasteiger partial charge in [-0.05, 0) is 36.4 Å². The van der Waals surface area contributed by atoms with Crippen LogP contribution in [0.2, 0.25) is 0 Å². The first-order chi connectivity index (χ1) is 15.6. The van der Waals surface area contributed by atoms with E-state index >= 15 is 0 Å². The summed E-state index contributed by atoms with van der Waals surface area (Å²) in [7, 11) is 1.95. The highest BCUT2D eigenvalue weighted by atomic mass is 19.4. The van der Waals surface area contributed by atoms with Gasteiger partial charge in [-0.25, -0.2) is 4.98 Å². The summed E-state index contributed by atoms with van der Waals surface area (Å²) in [6.45, 7) is 3.53. The summed E-state index contributed by atoms with van der Waals surface area (Å²) in [5, 5.41) is 12.0. The smallest absolute Gasteiger partial charge is 0.473 e. The van der Waals surface area contributed by atoms with Crippen molar-refractivity contribution >= 4 is 0 Å². The van der Waals surface area contributed by atoms with Crippen LogP contribution >= 0.6 is 0 Å². The highest BCUT2D eigenvalue weighted by Gasteiger charge is 2.55. The van der Waals surface area contributed by atoms with Crippen molar-refractivity contribution < 1.29 is 27.8 Å². The standard InChI is InChI=1S/C25H25F3N2O3/c1-23(16-30(2)17-23)24(31,19-8-11-21(12-9-19)33-25(26,27)28)20-10-13-22(29-14-20)32-15-18-6-4-3-5-7-18/h3-14,31H,15-17H2,1-2H3. The molecule has 0 radical (unpaired) electrons. The molecule has 1 aliphatic rings. The van der Waals surface area contributed by atoms with Gasteiger partial charge in [0.1, 0.15) is 18.0 Å². The fourth-order valence-electron chi connectivity index (χ4n) is 4.55. The number of halogens is 3. The van der Waals surface area contributed by atoms with Crippen LogP contribution in [0.1, 0.15) is 23.6 Å². The number of benzene rings is 2. The molecule has 1 atom stereocenters. The van der Waals surface area contributed by atoms with Gasteiger partial charge < -0.3 is 19.5 Å². The Bertz CT molecular complexity index is 1070. The fraction of sp³-hybridized carbons (Fsp3) is 0.320. The molecule has 2 aromatic carbocycles. The molecule has 8 heteroatoms. The molecular formula is C25H25F3N2O3. The van der Waals surface area contributed by atoms with Crippen LogP contribution in [0.4, 0.5) is 13.2 Å².